The number of carbonyl (C=O) groups is 4. The van der Waals surface area contributed by atoms with Gasteiger partial charge in [-0.15, -0.1) is 5.06 Å². The van der Waals surface area contributed by atoms with Gasteiger partial charge in [-0.2, -0.15) is 25.3 Å². The zero-order valence-electron chi connectivity index (χ0n) is 42.6. The number of ketones is 1. The highest BCUT2D eigenvalue weighted by Crippen LogP contribution is 2.53. The van der Waals surface area contributed by atoms with Crippen LogP contribution in [0.15, 0.2) is 80.9 Å². The van der Waals surface area contributed by atoms with Gasteiger partial charge in [0.1, 0.15) is 5.76 Å². The Balaban J connectivity index is 1.32. The van der Waals surface area contributed by atoms with Gasteiger partial charge >= 0.3 is 5.97 Å². The molecule has 2 aromatic rings. The van der Waals surface area contributed by atoms with Crippen LogP contribution < -0.4 is 9.80 Å². The third kappa shape index (κ3) is 14.3. The largest absolute Gasteiger partial charge is 0.506 e. The number of Topliss-reactive ketones (excluding diaryl/α,β-unsaturated/α-hetero) is 1. The van der Waals surface area contributed by atoms with E-state index < -0.39 is 92.1 Å². The topological polar surface area (TPSA) is 326 Å². The number of aliphatic hydroxyl groups excluding tert-OH is 1. The molecular formula is C49H65N3O21S3. The van der Waals surface area contributed by atoms with Gasteiger partial charge in [-0.25, -0.2) is 4.79 Å². The molecule has 420 valence electrons. The molecule has 27 heteroatoms. The Labute approximate surface area is 441 Å². The molecule has 3 aliphatic heterocycles. The number of rotatable bonds is 31. The number of hydrogen-bond donors (Lipinski definition) is 4. The molecule has 0 spiro atoms. The van der Waals surface area contributed by atoms with Gasteiger partial charge in [-0.05, 0) is 92.3 Å². The Morgan fingerprint density at radius 2 is 1.24 bits per heavy atom. The molecule has 2 amide bonds. The van der Waals surface area contributed by atoms with Crippen molar-refractivity contribution in [2.45, 2.75) is 85.5 Å². The van der Waals surface area contributed by atoms with Gasteiger partial charge in [0.2, 0.25) is 0 Å². The SMILES string of the molecule is COCCOCCOCCOCCOCCN1c2ccc(S(=O)(=O)O)cc2C(C)(CCCS(=O)(=O)O)C1/C=C1/C(=O)C(/C=C2/N(CCCC(=O)ON3C(=O)CCC3=O)c3ccc(S(=O)(=O)O)cc3C2(C)CCOC)=C1O. The summed E-state index contributed by atoms with van der Waals surface area (Å²) >= 11 is 0. The fourth-order valence-electron chi connectivity index (χ4n) is 9.72. The van der Waals surface area contributed by atoms with E-state index in [1.54, 1.807) is 30.8 Å². The molecule has 0 aromatic heterocycles. The number of hydrogen-bond acceptors (Lipinski definition) is 20. The molecule has 3 atom stereocenters. The fourth-order valence-corrected chi connectivity index (χ4v) is 11.2. The van der Waals surface area contributed by atoms with Gasteiger partial charge in [0.15, 0.2) is 5.78 Å². The van der Waals surface area contributed by atoms with Crippen LogP contribution in [0.25, 0.3) is 0 Å². The van der Waals surface area contributed by atoms with Crippen molar-refractivity contribution in [2.75, 3.05) is 109 Å². The lowest BCUT2D eigenvalue weighted by Gasteiger charge is -2.37. The molecule has 3 heterocycles. The maximum absolute atomic E-state index is 14.6. The Bertz CT molecular complexity index is 2930. The molecule has 4 N–H and O–H groups in total. The predicted molar refractivity (Wildman–Crippen MR) is 270 cm³/mol. The van der Waals surface area contributed by atoms with Crippen molar-refractivity contribution in [1.82, 2.24) is 5.06 Å². The van der Waals surface area contributed by atoms with Crippen LogP contribution in [0.2, 0.25) is 0 Å². The Kier molecular flexibility index (Phi) is 20.2. The van der Waals surface area contributed by atoms with Crippen LogP contribution in [0.3, 0.4) is 0 Å². The monoisotopic (exact) mass is 1130 g/mol. The molecule has 76 heavy (non-hydrogen) atoms. The van der Waals surface area contributed by atoms with Crippen molar-refractivity contribution in [3.8, 4) is 0 Å². The Morgan fingerprint density at radius 1 is 0.697 bits per heavy atom. The summed E-state index contributed by atoms with van der Waals surface area (Å²) in [6.45, 7) is 6.42. The van der Waals surface area contributed by atoms with Gasteiger partial charge in [-0.1, -0.05) is 6.92 Å². The summed E-state index contributed by atoms with van der Waals surface area (Å²) in [6, 6.07) is 6.91. The van der Waals surface area contributed by atoms with Crippen LogP contribution in [0.1, 0.15) is 69.9 Å². The van der Waals surface area contributed by atoms with Gasteiger partial charge in [0.05, 0.1) is 92.2 Å². The van der Waals surface area contributed by atoms with Crippen LogP contribution in [0.5, 0.6) is 0 Å². The summed E-state index contributed by atoms with van der Waals surface area (Å²) < 4.78 is 136. The first kappa shape index (κ1) is 60.1. The molecule has 1 aliphatic carbocycles. The minimum absolute atomic E-state index is 0.0138. The summed E-state index contributed by atoms with van der Waals surface area (Å²) in [6.07, 6.45) is 2.50. The van der Waals surface area contributed by atoms with E-state index in [1.165, 1.54) is 55.7 Å². The number of imide groups is 1. The third-order valence-electron chi connectivity index (χ3n) is 13.7. The maximum atomic E-state index is 14.6. The second kappa shape index (κ2) is 25.5. The highest BCUT2D eigenvalue weighted by molar-refractivity contribution is 7.86. The number of benzene rings is 2. The molecular weight excluding hydrogens is 1060 g/mol. The Morgan fingerprint density at radius 3 is 1.78 bits per heavy atom. The summed E-state index contributed by atoms with van der Waals surface area (Å²) in [5.74, 6) is -3.97. The summed E-state index contributed by atoms with van der Waals surface area (Å²) in [4.78, 5) is 59.4. The van der Waals surface area contributed by atoms with Crippen LogP contribution in [0.4, 0.5) is 11.4 Å². The van der Waals surface area contributed by atoms with Crippen molar-refractivity contribution < 1.29 is 96.5 Å². The molecule has 2 aromatic carbocycles. The zero-order valence-corrected chi connectivity index (χ0v) is 45.1. The number of methoxy groups -OCH3 is 2. The first-order chi connectivity index (χ1) is 35.9. The van der Waals surface area contributed by atoms with Crippen LogP contribution in [-0.2, 0) is 93.6 Å². The maximum Gasteiger partial charge on any atom is 0.333 e. The molecule has 3 unspecified atom stereocenters. The number of aliphatic hydroxyl groups is 1. The van der Waals surface area contributed by atoms with Crippen molar-refractivity contribution in [3.05, 3.63) is 82.3 Å². The summed E-state index contributed by atoms with van der Waals surface area (Å²) in [7, 11) is -10.9. The predicted octanol–water partition coefficient (Wildman–Crippen LogP) is 3.41. The van der Waals surface area contributed by atoms with E-state index in [0.717, 1.165) is 0 Å². The molecule has 0 saturated carbocycles. The number of amides is 2. The number of allylic oxidation sites excluding steroid dienone is 4. The number of nitrogens with zero attached hydrogens (tertiary/aromatic N) is 3. The van der Waals surface area contributed by atoms with Gasteiger partial charge in [-0.3, -0.25) is 28.0 Å². The molecule has 1 fully saturated rings. The molecule has 0 radical (unpaired) electrons. The third-order valence-corrected chi connectivity index (χ3v) is 16.2. The van der Waals surface area contributed by atoms with E-state index >= 15 is 0 Å². The first-order valence-corrected chi connectivity index (χ1v) is 28.9. The number of hydroxylamine groups is 2. The van der Waals surface area contributed by atoms with Crippen LogP contribution in [-0.4, -0.2) is 178 Å². The highest BCUT2D eigenvalue weighted by Gasteiger charge is 2.50. The van der Waals surface area contributed by atoms with E-state index in [4.69, 9.17) is 33.3 Å². The normalized spacial score (nSPS) is 21.9. The minimum Gasteiger partial charge on any atom is -0.506 e. The number of anilines is 2. The van der Waals surface area contributed by atoms with Crippen LogP contribution in [0, 0.1) is 0 Å². The van der Waals surface area contributed by atoms with Crippen molar-refractivity contribution in [2.24, 2.45) is 0 Å². The standard InChI is InChI=1S/C49H65N3O21S3/c1-48(14-6-28-74(58,59)60)37-29-33(75(61,62)63)9-11-40(37)51(17-19-69-22-23-71-26-27-72-25-24-70-21-20-68-4)41(48)31-35-46(56)36(47(35)57)32-42-49(2,15-18-67-3)38-30-34(76(64,65)66)8-10-39(38)50(42)16-5-7-45(55)73-52-43(53)12-13-44(52)54/h8-11,29-32,41,56H,5-7,12-28H2,1-4H3,(H,58,59,60)(H,61,62,63)(H,64,65,66)/b35-31+,42-32+. The zero-order chi connectivity index (χ0) is 55.6. The fraction of sp³-hybridized carbons (Fsp3) is 0.551. The van der Waals surface area contributed by atoms with Crippen molar-refractivity contribution in [1.29, 1.82) is 0 Å². The Hall–Kier alpha value is -5.17. The summed E-state index contributed by atoms with van der Waals surface area (Å²) in [5, 5.41) is 12.4. The minimum atomic E-state index is -4.76. The quantitative estimate of drug-likeness (QED) is 0.0364. The van der Waals surface area contributed by atoms with E-state index in [2.05, 4.69) is 0 Å². The van der Waals surface area contributed by atoms with E-state index in [9.17, 15) is 63.2 Å². The lowest BCUT2D eigenvalue weighted by atomic mass is 9.72. The number of ether oxygens (including phenoxy) is 6. The van der Waals surface area contributed by atoms with Gasteiger partial charge in [0.25, 0.3) is 42.2 Å². The van der Waals surface area contributed by atoms with Crippen LogP contribution >= 0.6 is 0 Å². The lowest BCUT2D eigenvalue weighted by Crippen LogP contribution is -2.44. The number of fused-ring (bicyclic) bond motifs is 2. The van der Waals surface area contributed by atoms with E-state index in [1.807, 2.05) is 0 Å². The van der Waals surface area contributed by atoms with Gasteiger partial charge in [0, 0.05) is 81.1 Å². The first-order valence-electron chi connectivity index (χ1n) is 24.4. The molecule has 0 bridgehead atoms. The lowest BCUT2D eigenvalue weighted by molar-refractivity contribution is -0.197. The van der Waals surface area contributed by atoms with Crippen molar-refractivity contribution >= 4 is 65.3 Å². The van der Waals surface area contributed by atoms with E-state index in [0.29, 0.717) is 66.3 Å². The molecule has 1 saturated heterocycles. The number of carbonyl (C=O) groups excluding carboxylic acids is 4. The average Bonchev–Trinajstić information content (AvgIpc) is 3.89. The molecule has 6 rings (SSSR count). The average molecular weight is 1130 g/mol. The second-order valence-electron chi connectivity index (χ2n) is 18.8. The van der Waals surface area contributed by atoms with Gasteiger partial charge < -0.3 is 48.2 Å². The summed E-state index contributed by atoms with van der Waals surface area (Å²) in [5.41, 5.74) is -0.763. The van der Waals surface area contributed by atoms with Crippen molar-refractivity contribution in [3.63, 3.8) is 0 Å². The van der Waals surface area contributed by atoms with E-state index in [-0.39, 0.29) is 102 Å². The second-order valence-corrected chi connectivity index (χ2v) is 23.2. The smallest absolute Gasteiger partial charge is 0.333 e. The molecule has 4 aliphatic rings. The molecule has 24 nitrogen and oxygen atoms in total. The highest BCUT2D eigenvalue weighted by atomic mass is 32.2.